The predicted octanol–water partition coefficient (Wildman–Crippen LogP) is 1.81. The molecule has 16 heavy (non-hydrogen) atoms. The van der Waals surface area contributed by atoms with Crippen molar-refractivity contribution in [3.8, 4) is 0 Å². The minimum absolute atomic E-state index is 0. The molecule has 1 aromatic carbocycles. The van der Waals surface area contributed by atoms with Gasteiger partial charge in [0, 0.05) is 20.0 Å². The van der Waals surface area contributed by atoms with Crippen LogP contribution in [0.25, 0.3) is 0 Å². The van der Waals surface area contributed by atoms with Gasteiger partial charge in [-0.2, -0.15) is 0 Å². The Balaban J connectivity index is 0.00000225. The molecular weight excluding hydrogens is 224 g/mol. The minimum atomic E-state index is 0. The Morgan fingerprint density at radius 1 is 1.31 bits per heavy atom. The van der Waals surface area contributed by atoms with Gasteiger partial charge in [0.1, 0.15) is 0 Å². The molecule has 1 rings (SSSR count). The van der Waals surface area contributed by atoms with Crippen molar-refractivity contribution in [3.05, 3.63) is 35.9 Å². The first-order chi connectivity index (χ1) is 7.24. The molecule has 1 aromatic rings. The molecule has 0 atom stereocenters. The number of amides is 1. The maximum absolute atomic E-state index is 11.6. The fraction of sp³-hybridized carbons (Fsp3) is 0.417. The van der Waals surface area contributed by atoms with E-state index < -0.39 is 0 Å². The Morgan fingerprint density at radius 3 is 2.50 bits per heavy atom. The van der Waals surface area contributed by atoms with Crippen molar-refractivity contribution in [2.24, 2.45) is 5.73 Å². The Bertz CT molecular complexity index is 303. The third-order valence-electron chi connectivity index (χ3n) is 2.28. The van der Waals surface area contributed by atoms with E-state index in [2.05, 4.69) is 0 Å². The minimum Gasteiger partial charge on any atom is -0.341 e. The van der Waals surface area contributed by atoms with E-state index in [0.29, 0.717) is 19.5 Å². The highest BCUT2D eigenvalue weighted by molar-refractivity contribution is 5.85. The van der Waals surface area contributed by atoms with Crippen LogP contribution in [0.15, 0.2) is 30.3 Å². The second-order valence-electron chi connectivity index (χ2n) is 3.63. The van der Waals surface area contributed by atoms with E-state index in [1.54, 1.807) is 4.90 Å². The molecule has 0 aliphatic heterocycles. The number of benzene rings is 1. The summed E-state index contributed by atoms with van der Waals surface area (Å²) in [5, 5.41) is 0. The Kier molecular flexibility index (Phi) is 7.60. The molecule has 1 amide bonds. The van der Waals surface area contributed by atoms with Crippen LogP contribution in [0, 0.1) is 0 Å². The first-order valence-corrected chi connectivity index (χ1v) is 5.22. The summed E-state index contributed by atoms with van der Waals surface area (Å²) in [5.41, 5.74) is 6.51. The SMILES string of the molecule is CN(Cc1ccccc1)C(=O)CCCN.Cl. The van der Waals surface area contributed by atoms with Gasteiger partial charge in [0.2, 0.25) is 5.91 Å². The van der Waals surface area contributed by atoms with E-state index in [-0.39, 0.29) is 18.3 Å². The molecule has 0 spiro atoms. The summed E-state index contributed by atoms with van der Waals surface area (Å²) in [4.78, 5) is 13.3. The van der Waals surface area contributed by atoms with Gasteiger partial charge in [0.05, 0.1) is 0 Å². The van der Waals surface area contributed by atoms with Crippen LogP contribution in [-0.2, 0) is 11.3 Å². The molecule has 0 unspecified atom stereocenters. The largest absolute Gasteiger partial charge is 0.341 e. The van der Waals surface area contributed by atoms with Crippen LogP contribution >= 0.6 is 12.4 Å². The predicted molar refractivity (Wildman–Crippen MR) is 68.5 cm³/mol. The van der Waals surface area contributed by atoms with Crippen molar-refractivity contribution in [3.63, 3.8) is 0 Å². The van der Waals surface area contributed by atoms with Crippen LogP contribution in [-0.4, -0.2) is 24.4 Å². The van der Waals surface area contributed by atoms with Crippen LogP contribution in [0.4, 0.5) is 0 Å². The highest BCUT2D eigenvalue weighted by atomic mass is 35.5. The molecular formula is C12H19ClN2O. The first kappa shape index (κ1) is 14.9. The maximum Gasteiger partial charge on any atom is 0.222 e. The smallest absolute Gasteiger partial charge is 0.222 e. The van der Waals surface area contributed by atoms with Crippen molar-refractivity contribution in [2.75, 3.05) is 13.6 Å². The highest BCUT2D eigenvalue weighted by Gasteiger charge is 2.07. The van der Waals surface area contributed by atoms with Crippen LogP contribution in [0.1, 0.15) is 18.4 Å². The summed E-state index contributed by atoms with van der Waals surface area (Å²) >= 11 is 0. The number of hydrogen-bond donors (Lipinski definition) is 1. The summed E-state index contributed by atoms with van der Waals surface area (Å²) in [5.74, 6) is 0.157. The van der Waals surface area contributed by atoms with Gasteiger partial charge >= 0.3 is 0 Å². The lowest BCUT2D eigenvalue weighted by molar-refractivity contribution is -0.130. The summed E-state index contributed by atoms with van der Waals surface area (Å²) in [6.45, 7) is 1.25. The fourth-order valence-electron chi connectivity index (χ4n) is 1.39. The molecule has 4 heteroatoms. The van der Waals surface area contributed by atoms with Crippen molar-refractivity contribution in [2.45, 2.75) is 19.4 Å². The summed E-state index contributed by atoms with van der Waals surface area (Å²) < 4.78 is 0. The Morgan fingerprint density at radius 2 is 1.94 bits per heavy atom. The van der Waals surface area contributed by atoms with Crippen LogP contribution < -0.4 is 5.73 Å². The number of carbonyl (C=O) groups excluding carboxylic acids is 1. The quantitative estimate of drug-likeness (QED) is 0.856. The molecule has 2 N–H and O–H groups in total. The van der Waals surface area contributed by atoms with Crippen molar-refractivity contribution < 1.29 is 4.79 Å². The van der Waals surface area contributed by atoms with Crippen LogP contribution in [0.3, 0.4) is 0 Å². The van der Waals surface area contributed by atoms with Crippen LogP contribution in [0.2, 0.25) is 0 Å². The molecule has 0 saturated heterocycles. The van der Waals surface area contributed by atoms with E-state index in [1.165, 1.54) is 0 Å². The number of nitrogens with two attached hydrogens (primary N) is 1. The molecule has 0 radical (unpaired) electrons. The number of carbonyl (C=O) groups is 1. The number of rotatable bonds is 5. The number of nitrogens with zero attached hydrogens (tertiary/aromatic N) is 1. The van der Waals surface area contributed by atoms with Gasteiger partial charge in [-0.3, -0.25) is 4.79 Å². The maximum atomic E-state index is 11.6. The lowest BCUT2D eigenvalue weighted by Crippen LogP contribution is -2.26. The van der Waals surface area contributed by atoms with E-state index in [4.69, 9.17) is 5.73 Å². The van der Waals surface area contributed by atoms with Gasteiger partial charge in [0.15, 0.2) is 0 Å². The van der Waals surface area contributed by atoms with Gasteiger partial charge in [-0.1, -0.05) is 30.3 Å². The molecule has 0 saturated carbocycles. The first-order valence-electron chi connectivity index (χ1n) is 5.22. The van der Waals surface area contributed by atoms with Crippen molar-refractivity contribution >= 4 is 18.3 Å². The third-order valence-corrected chi connectivity index (χ3v) is 2.28. The monoisotopic (exact) mass is 242 g/mol. The van der Waals surface area contributed by atoms with Gasteiger partial charge in [-0.25, -0.2) is 0 Å². The third kappa shape index (κ3) is 5.14. The van der Waals surface area contributed by atoms with E-state index >= 15 is 0 Å². The zero-order valence-corrected chi connectivity index (χ0v) is 10.4. The Hall–Kier alpha value is -1.06. The molecule has 3 nitrogen and oxygen atoms in total. The Labute approximate surface area is 103 Å². The molecule has 0 aliphatic carbocycles. The van der Waals surface area contributed by atoms with Gasteiger partial charge < -0.3 is 10.6 Å². The molecule has 0 bridgehead atoms. The van der Waals surface area contributed by atoms with Gasteiger partial charge in [-0.05, 0) is 18.5 Å². The van der Waals surface area contributed by atoms with Crippen LogP contribution in [0.5, 0.6) is 0 Å². The number of hydrogen-bond acceptors (Lipinski definition) is 2. The fourth-order valence-corrected chi connectivity index (χ4v) is 1.39. The molecule has 0 aliphatic rings. The average molecular weight is 243 g/mol. The second kappa shape index (κ2) is 8.13. The summed E-state index contributed by atoms with van der Waals surface area (Å²) in [6.07, 6.45) is 1.30. The highest BCUT2D eigenvalue weighted by Crippen LogP contribution is 2.04. The van der Waals surface area contributed by atoms with E-state index in [1.807, 2.05) is 37.4 Å². The number of halogens is 1. The second-order valence-corrected chi connectivity index (χ2v) is 3.63. The molecule has 0 aromatic heterocycles. The lowest BCUT2D eigenvalue weighted by atomic mass is 10.2. The standard InChI is InChI=1S/C12H18N2O.ClH/c1-14(12(15)8-5-9-13)10-11-6-3-2-4-7-11;/h2-4,6-7H,5,8-10,13H2,1H3;1H. The molecule has 90 valence electrons. The average Bonchev–Trinajstić information content (AvgIpc) is 2.27. The van der Waals surface area contributed by atoms with Crippen molar-refractivity contribution in [1.29, 1.82) is 0 Å². The van der Waals surface area contributed by atoms with Crippen molar-refractivity contribution in [1.82, 2.24) is 4.90 Å². The zero-order chi connectivity index (χ0) is 11.1. The normalized spacial score (nSPS) is 9.38. The van der Waals surface area contributed by atoms with E-state index in [0.717, 1.165) is 12.0 Å². The van der Waals surface area contributed by atoms with Gasteiger partial charge in [0.25, 0.3) is 0 Å². The lowest BCUT2D eigenvalue weighted by Gasteiger charge is -2.16. The van der Waals surface area contributed by atoms with Gasteiger partial charge in [-0.15, -0.1) is 12.4 Å². The summed E-state index contributed by atoms with van der Waals surface area (Å²) in [6, 6.07) is 9.97. The zero-order valence-electron chi connectivity index (χ0n) is 9.56. The topological polar surface area (TPSA) is 46.3 Å². The molecule has 0 heterocycles. The van der Waals surface area contributed by atoms with E-state index in [9.17, 15) is 4.79 Å². The molecule has 0 fully saturated rings. The summed E-state index contributed by atoms with van der Waals surface area (Å²) in [7, 11) is 1.83.